The van der Waals surface area contributed by atoms with Crippen LogP contribution in [0.5, 0.6) is 0 Å². The average molecular weight is 283 g/mol. The van der Waals surface area contributed by atoms with Crippen molar-refractivity contribution >= 4 is 0 Å². The van der Waals surface area contributed by atoms with Crippen LogP contribution in [0, 0.1) is 17.0 Å². The van der Waals surface area contributed by atoms with Crippen LogP contribution in [0.3, 0.4) is 0 Å². The van der Waals surface area contributed by atoms with E-state index in [9.17, 15) is 8.78 Å². The van der Waals surface area contributed by atoms with E-state index in [0.29, 0.717) is 0 Å². The van der Waals surface area contributed by atoms with Gasteiger partial charge in [0.2, 0.25) is 0 Å². The molecule has 0 atom stereocenters. The van der Waals surface area contributed by atoms with Gasteiger partial charge in [-0.25, -0.2) is 8.78 Å². The molecule has 0 aliphatic carbocycles. The molecule has 0 radical (unpaired) electrons. The van der Waals surface area contributed by atoms with Crippen LogP contribution < -0.4 is 5.32 Å². The second-order valence-electron chi connectivity index (χ2n) is 6.74. The molecule has 0 aliphatic rings. The first-order valence-electron chi connectivity index (χ1n) is 7.40. The van der Waals surface area contributed by atoms with E-state index < -0.39 is 11.6 Å². The minimum atomic E-state index is -0.778. The molecule has 0 aromatic heterocycles. The number of hydrogen-bond acceptors (Lipinski definition) is 1. The fourth-order valence-corrected chi connectivity index (χ4v) is 2.35. The third kappa shape index (κ3) is 4.86. The van der Waals surface area contributed by atoms with Crippen LogP contribution in [-0.4, -0.2) is 12.1 Å². The maximum Gasteiger partial charge on any atom is 0.159 e. The topological polar surface area (TPSA) is 12.0 Å². The van der Waals surface area contributed by atoms with Crippen LogP contribution in [0.4, 0.5) is 8.78 Å². The van der Waals surface area contributed by atoms with Crippen molar-refractivity contribution in [1.82, 2.24) is 5.32 Å². The van der Waals surface area contributed by atoms with E-state index in [1.54, 1.807) is 6.07 Å². The highest BCUT2D eigenvalue weighted by molar-refractivity contribution is 5.19. The smallest absolute Gasteiger partial charge is 0.159 e. The molecule has 0 bridgehead atoms. The molecular weight excluding hydrogens is 256 g/mol. The predicted octanol–water partition coefficient (Wildman–Crippen LogP) is 4.70. The van der Waals surface area contributed by atoms with Gasteiger partial charge in [0.05, 0.1) is 0 Å². The van der Waals surface area contributed by atoms with Gasteiger partial charge in [-0.2, -0.15) is 0 Å². The Kier molecular flexibility index (Phi) is 5.69. The Bertz CT molecular complexity index is 431. The van der Waals surface area contributed by atoms with Gasteiger partial charge in [0.15, 0.2) is 11.6 Å². The standard InChI is InChI=1S/C17H27F2N/c1-6-17(7-2,12-20-16(3,4)5)11-13-8-9-14(18)15(19)10-13/h8-10,20H,6-7,11-12H2,1-5H3. The third-order valence-electron chi connectivity index (χ3n) is 4.06. The largest absolute Gasteiger partial charge is 0.312 e. The van der Waals surface area contributed by atoms with E-state index >= 15 is 0 Å². The van der Waals surface area contributed by atoms with Crippen molar-refractivity contribution < 1.29 is 8.78 Å². The highest BCUT2D eigenvalue weighted by Crippen LogP contribution is 2.31. The normalized spacial score (nSPS) is 12.8. The summed E-state index contributed by atoms with van der Waals surface area (Å²) in [5.74, 6) is -1.53. The van der Waals surface area contributed by atoms with Crippen molar-refractivity contribution in [2.75, 3.05) is 6.54 Å². The molecule has 0 saturated heterocycles. The highest BCUT2D eigenvalue weighted by Gasteiger charge is 2.28. The maximum absolute atomic E-state index is 13.3. The molecule has 1 aromatic carbocycles. The first-order chi connectivity index (χ1) is 9.21. The molecule has 1 N–H and O–H groups in total. The molecular formula is C17H27F2N. The Hall–Kier alpha value is -0.960. The lowest BCUT2D eigenvalue weighted by Gasteiger charge is -2.35. The van der Waals surface area contributed by atoms with Crippen molar-refractivity contribution in [2.24, 2.45) is 5.41 Å². The maximum atomic E-state index is 13.3. The number of benzene rings is 1. The Balaban J connectivity index is 2.87. The Morgan fingerprint density at radius 2 is 1.60 bits per heavy atom. The summed E-state index contributed by atoms with van der Waals surface area (Å²) < 4.78 is 26.4. The van der Waals surface area contributed by atoms with Crippen molar-refractivity contribution in [3.63, 3.8) is 0 Å². The Morgan fingerprint density at radius 1 is 1.00 bits per heavy atom. The van der Waals surface area contributed by atoms with Gasteiger partial charge < -0.3 is 5.32 Å². The van der Waals surface area contributed by atoms with Crippen molar-refractivity contribution in [2.45, 2.75) is 59.4 Å². The number of halogens is 2. The molecule has 0 amide bonds. The zero-order valence-corrected chi connectivity index (χ0v) is 13.3. The first kappa shape index (κ1) is 17.1. The summed E-state index contributed by atoms with van der Waals surface area (Å²) in [4.78, 5) is 0. The summed E-state index contributed by atoms with van der Waals surface area (Å²) in [6.07, 6.45) is 2.78. The predicted molar refractivity (Wildman–Crippen MR) is 80.8 cm³/mol. The van der Waals surface area contributed by atoms with Gasteiger partial charge >= 0.3 is 0 Å². The van der Waals surface area contributed by atoms with Gasteiger partial charge in [-0.05, 0) is 63.1 Å². The van der Waals surface area contributed by atoms with E-state index in [1.807, 2.05) is 0 Å². The second kappa shape index (κ2) is 6.66. The van der Waals surface area contributed by atoms with E-state index in [1.165, 1.54) is 12.1 Å². The number of nitrogens with one attached hydrogen (secondary N) is 1. The quantitative estimate of drug-likeness (QED) is 0.798. The fourth-order valence-electron chi connectivity index (χ4n) is 2.35. The lowest BCUT2D eigenvalue weighted by atomic mass is 9.76. The molecule has 20 heavy (non-hydrogen) atoms. The van der Waals surface area contributed by atoms with E-state index in [2.05, 4.69) is 39.9 Å². The summed E-state index contributed by atoms with van der Waals surface area (Å²) in [7, 11) is 0. The molecule has 3 heteroatoms. The molecule has 1 rings (SSSR count). The third-order valence-corrected chi connectivity index (χ3v) is 4.06. The minimum absolute atomic E-state index is 0.0592. The van der Waals surface area contributed by atoms with Gasteiger partial charge in [-0.15, -0.1) is 0 Å². The number of hydrogen-bond donors (Lipinski definition) is 1. The fraction of sp³-hybridized carbons (Fsp3) is 0.647. The summed E-state index contributed by atoms with van der Waals surface area (Å²) in [5.41, 5.74) is 1.00. The molecule has 1 aromatic rings. The van der Waals surface area contributed by atoms with E-state index in [4.69, 9.17) is 0 Å². The van der Waals surface area contributed by atoms with Gasteiger partial charge in [0, 0.05) is 12.1 Å². The molecule has 0 saturated carbocycles. The van der Waals surface area contributed by atoms with Gasteiger partial charge in [0.1, 0.15) is 0 Å². The molecule has 0 heterocycles. The zero-order chi connectivity index (χ0) is 15.4. The first-order valence-corrected chi connectivity index (χ1v) is 7.40. The van der Waals surface area contributed by atoms with E-state index in [0.717, 1.165) is 31.4 Å². The van der Waals surface area contributed by atoms with E-state index in [-0.39, 0.29) is 11.0 Å². The molecule has 0 fully saturated rings. The Morgan fingerprint density at radius 3 is 2.05 bits per heavy atom. The zero-order valence-electron chi connectivity index (χ0n) is 13.3. The van der Waals surface area contributed by atoms with Crippen LogP contribution in [0.15, 0.2) is 18.2 Å². The van der Waals surface area contributed by atoms with Gasteiger partial charge in [0.25, 0.3) is 0 Å². The summed E-state index contributed by atoms with van der Waals surface area (Å²) in [5, 5.41) is 3.54. The van der Waals surface area contributed by atoms with Crippen LogP contribution in [0.2, 0.25) is 0 Å². The molecule has 114 valence electrons. The van der Waals surface area contributed by atoms with Gasteiger partial charge in [-0.1, -0.05) is 19.9 Å². The molecule has 0 unspecified atom stereocenters. The lowest BCUT2D eigenvalue weighted by molar-refractivity contribution is 0.220. The second-order valence-corrected chi connectivity index (χ2v) is 6.74. The van der Waals surface area contributed by atoms with Crippen LogP contribution in [-0.2, 0) is 6.42 Å². The van der Waals surface area contributed by atoms with Crippen molar-refractivity contribution in [3.05, 3.63) is 35.4 Å². The van der Waals surface area contributed by atoms with Crippen molar-refractivity contribution in [1.29, 1.82) is 0 Å². The molecule has 0 aliphatic heterocycles. The van der Waals surface area contributed by atoms with Crippen LogP contribution in [0.1, 0.15) is 53.0 Å². The van der Waals surface area contributed by atoms with Crippen LogP contribution in [0.25, 0.3) is 0 Å². The lowest BCUT2D eigenvalue weighted by Crippen LogP contribution is -2.44. The SMILES string of the molecule is CCC(CC)(CNC(C)(C)C)Cc1ccc(F)c(F)c1. The van der Waals surface area contributed by atoms with Crippen molar-refractivity contribution in [3.8, 4) is 0 Å². The minimum Gasteiger partial charge on any atom is -0.312 e. The monoisotopic (exact) mass is 283 g/mol. The summed E-state index contributed by atoms with van der Waals surface area (Å²) in [6.45, 7) is 11.6. The molecule has 0 spiro atoms. The molecule has 1 nitrogen and oxygen atoms in total. The Labute approximate surface area is 121 Å². The van der Waals surface area contributed by atoms with Gasteiger partial charge in [-0.3, -0.25) is 0 Å². The average Bonchev–Trinajstić information content (AvgIpc) is 2.38. The summed E-state index contributed by atoms with van der Waals surface area (Å²) >= 11 is 0. The summed E-state index contributed by atoms with van der Waals surface area (Å²) in [6, 6.07) is 4.24. The van der Waals surface area contributed by atoms with Crippen LogP contribution >= 0.6 is 0 Å². The number of rotatable bonds is 6. The highest BCUT2D eigenvalue weighted by atomic mass is 19.2.